The van der Waals surface area contributed by atoms with E-state index in [2.05, 4.69) is 19.9 Å². The molecule has 0 aromatic rings. The predicted octanol–water partition coefficient (Wildman–Crippen LogP) is 1.46. The molecule has 1 aliphatic heterocycles. The standard InChI is InChI=1S/C9H17NO/c1-8(2)7-9(10)3-5-11-6-4-9/h7H,3-6,10H2,1-2H3. The van der Waals surface area contributed by atoms with Gasteiger partial charge in [0, 0.05) is 18.8 Å². The predicted molar refractivity (Wildman–Crippen MR) is 46.4 cm³/mol. The van der Waals surface area contributed by atoms with Gasteiger partial charge in [-0.2, -0.15) is 0 Å². The summed E-state index contributed by atoms with van der Waals surface area (Å²) in [6.07, 6.45) is 4.08. The van der Waals surface area contributed by atoms with E-state index in [0.29, 0.717) is 0 Å². The molecule has 0 unspecified atom stereocenters. The molecule has 1 rings (SSSR count). The Morgan fingerprint density at radius 2 is 1.91 bits per heavy atom. The minimum absolute atomic E-state index is 0.0862. The Morgan fingerprint density at radius 1 is 1.36 bits per heavy atom. The second-order valence-electron chi connectivity index (χ2n) is 3.57. The first-order chi connectivity index (χ1) is 5.12. The van der Waals surface area contributed by atoms with Crippen LogP contribution in [-0.4, -0.2) is 18.8 Å². The van der Waals surface area contributed by atoms with E-state index in [1.165, 1.54) is 5.57 Å². The smallest absolute Gasteiger partial charge is 0.0486 e. The molecule has 1 saturated heterocycles. The normalized spacial score (nSPS) is 22.8. The van der Waals surface area contributed by atoms with Gasteiger partial charge in [0.1, 0.15) is 0 Å². The Bertz CT molecular complexity index is 153. The van der Waals surface area contributed by atoms with E-state index in [9.17, 15) is 0 Å². The van der Waals surface area contributed by atoms with Crippen LogP contribution >= 0.6 is 0 Å². The Kier molecular flexibility index (Phi) is 2.68. The quantitative estimate of drug-likeness (QED) is 0.582. The number of ether oxygens (including phenoxy) is 1. The molecule has 0 aromatic heterocycles. The minimum Gasteiger partial charge on any atom is -0.381 e. The zero-order valence-corrected chi connectivity index (χ0v) is 7.39. The van der Waals surface area contributed by atoms with Crippen LogP contribution in [0.2, 0.25) is 0 Å². The maximum Gasteiger partial charge on any atom is 0.0486 e. The van der Waals surface area contributed by atoms with Crippen LogP contribution in [0, 0.1) is 0 Å². The van der Waals surface area contributed by atoms with Crippen LogP contribution in [0.3, 0.4) is 0 Å². The third-order valence-electron chi connectivity index (χ3n) is 2.00. The summed E-state index contributed by atoms with van der Waals surface area (Å²) in [5.74, 6) is 0. The van der Waals surface area contributed by atoms with Crippen LogP contribution in [-0.2, 0) is 4.74 Å². The van der Waals surface area contributed by atoms with Crippen molar-refractivity contribution in [1.29, 1.82) is 0 Å². The second-order valence-corrected chi connectivity index (χ2v) is 3.57. The molecule has 1 heterocycles. The highest BCUT2D eigenvalue weighted by molar-refractivity contribution is 5.10. The van der Waals surface area contributed by atoms with Gasteiger partial charge in [0.15, 0.2) is 0 Å². The molecule has 2 N–H and O–H groups in total. The molecule has 0 aromatic carbocycles. The minimum atomic E-state index is -0.0862. The van der Waals surface area contributed by atoms with Crippen LogP contribution in [0.1, 0.15) is 26.7 Å². The van der Waals surface area contributed by atoms with Crippen LogP contribution in [0.4, 0.5) is 0 Å². The van der Waals surface area contributed by atoms with Gasteiger partial charge in [-0.05, 0) is 26.7 Å². The molecule has 64 valence electrons. The van der Waals surface area contributed by atoms with Crippen LogP contribution in [0.5, 0.6) is 0 Å². The molecule has 0 radical (unpaired) electrons. The summed E-state index contributed by atoms with van der Waals surface area (Å²) in [5, 5.41) is 0. The topological polar surface area (TPSA) is 35.2 Å². The number of rotatable bonds is 1. The molecule has 0 bridgehead atoms. The van der Waals surface area contributed by atoms with Gasteiger partial charge in [0.2, 0.25) is 0 Å². The van der Waals surface area contributed by atoms with Gasteiger partial charge >= 0.3 is 0 Å². The van der Waals surface area contributed by atoms with E-state index in [4.69, 9.17) is 10.5 Å². The Labute approximate surface area is 68.4 Å². The first-order valence-corrected chi connectivity index (χ1v) is 4.15. The lowest BCUT2D eigenvalue weighted by molar-refractivity contribution is 0.0677. The molecule has 1 fully saturated rings. The first-order valence-electron chi connectivity index (χ1n) is 4.15. The van der Waals surface area contributed by atoms with Crippen molar-refractivity contribution in [2.75, 3.05) is 13.2 Å². The lowest BCUT2D eigenvalue weighted by Gasteiger charge is -2.30. The first kappa shape index (κ1) is 8.75. The molecule has 11 heavy (non-hydrogen) atoms. The highest BCUT2D eigenvalue weighted by Crippen LogP contribution is 2.20. The molecular formula is C9H17NO. The fourth-order valence-electron chi connectivity index (χ4n) is 1.47. The van der Waals surface area contributed by atoms with Gasteiger partial charge in [-0.1, -0.05) is 11.6 Å². The van der Waals surface area contributed by atoms with Crippen molar-refractivity contribution < 1.29 is 4.74 Å². The summed E-state index contributed by atoms with van der Waals surface area (Å²) in [6.45, 7) is 5.79. The van der Waals surface area contributed by atoms with Crippen molar-refractivity contribution in [2.24, 2.45) is 5.73 Å². The summed E-state index contributed by atoms with van der Waals surface area (Å²) in [4.78, 5) is 0. The van der Waals surface area contributed by atoms with E-state index in [-0.39, 0.29) is 5.54 Å². The molecule has 0 aliphatic carbocycles. The van der Waals surface area contributed by atoms with Crippen molar-refractivity contribution in [3.05, 3.63) is 11.6 Å². The van der Waals surface area contributed by atoms with Crippen molar-refractivity contribution in [3.63, 3.8) is 0 Å². The molecule has 1 aliphatic rings. The highest BCUT2D eigenvalue weighted by atomic mass is 16.5. The van der Waals surface area contributed by atoms with Crippen LogP contribution in [0.15, 0.2) is 11.6 Å². The number of nitrogens with two attached hydrogens (primary N) is 1. The van der Waals surface area contributed by atoms with Gasteiger partial charge in [0.25, 0.3) is 0 Å². The van der Waals surface area contributed by atoms with Crippen molar-refractivity contribution >= 4 is 0 Å². The third kappa shape index (κ3) is 2.64. The highest BCUT2D eigenvalue weighted by Gasteiger charge is 2.24. The summed E-state index contributed by atoms with van der Waals surface area (Å²) < 4.78 is 5.24. The molecule has 0 spiro atoms. The van der Waals surface area contributed by atoms with E-state index < -0.39 is 0 Å². The maximum absolute atomic E-state index is 6.10. The van der Waals surface area contributed by atoms with Crippen molar-refractivity contribution in [3.8, 4) is 0 Å². The van der Waals surface area contributed by atoms with E-state index in [1.807, 2.05) is 0 Å². The fourth-order valence-corrected chi connectivity index (χ4v) is 1.47. The van der Waals surface area contributed by atoms with Crippen molar-refractivity contribution in [2.45, 2.75) is 32.2 Å². The zero-order valence-electron chi connectivity index (χ0n) is 7.39. The lowest BCUT2D eigenvalue weighted by Crippen LogP contribution is -2.43. The van der Waals surface area contributed by atoms with Crippen LogP contribution in [0.25, 0.3) is 0 Å². The van der Waals surface area contributed by atoms with E-state index in [0.717, 1.165) is 26.1 Å². The summed E-state index contributed by atoms with van der Waals surface area (Å²) in [5.41, 5.74) is 7.32. The van der Waals surface area contributed by atoms with E-state index in [1.54, 1.807) is 0 Å². The molecule has 0 amide bonds. The third-order valence-corrected chi connectivity index (χ3v) is 2.00. The molecular weight excluding hydrogens is 138 g/mol. The monoisotopic (exact) mass is 155 g/mol. The Hall–Kier alpha value is -0.340. The zero-order chi connectivity index (χ0) is 8.32. The molecule has 0 saturated carbocycles. The number of hydrogen-bond donors (Lipinski definition) is 1. The average molecular weight is 155 g/mol. The molecule has 2 heteroatoms. The molecule has 2 nitrogen and oxygen atoms in total. The Balaban J connectivity index is 2.57. The second kappa shape index (κ2) is 3.37. The van der Waals surface area contributed by atoms with Gasteiger partial charge in [-0.15, -0.1) is 0 Å². The number of allylic oxidation sites excluding steroid dienone is 1. The van der Waals surface area contributed by atoms with Gasteiger partial charge in [-0.25, -0.2) is 0 Å². The van der Waals surface area contributed by atoms with Crippen molar-refractivity contribution in [1.82, 2.24) is 0 Å². The largest absolute Gasteiger partial charge is 0.381 e. The van der Waals surface area contributed by atoms with Crippen LogP contribution < -0.4 is 5.73 Å². The van der Waals surface area contributed by atoms with Gasteiger partial charge in [-0.3, -0.25) is 0 Å². The Morgan fingerprint density at radius 3 is 2.36 bits per heavy atom. The SMILES string of the molecule is CC(C)=CC1(N)CCOCC1. The van der Waals surface area contributed by atoms with E-state index >= 15 is 0 Å². The number of hydrogen-bond acceptors (Lipinski definition) is 2. The average Bonchev–Trinajstić information content (AvgIpc) is 1.85. The molecule has 0 atom stereocenters. The summed E-state index contributed by atoms with van der Waals surface area (Å²) in [7, 11) is 0. The van der Waals surface area contributed by atoms with Gasteiger partial charge < -0.3 is 10.5 Å². The summed E-state index contributed by atoms with van der Waals surface area (Å²) in [6, 6.07) is 0. The fraction of sp³-hybridized carbons (Fsp3) is 0.778. The van der Waals surface area contributed by atoms with Gasteiger partial charge in [0.05, 0.1) is 0 Å². The summed E-state index contributed by atoms with van der Waals surface area (Å²) >= 11 is 0. The lowest BCUT2D eigenvalue weighted by atomic mass is 9.89. The maximum atomic E-state index is 6.10.